The fourth-order valence-corrected chi connectivity index (χ4v) is 2.25. The van der Waals surface area contributed by atoms with Gasteiger partial charge in [0.1, 0.15) is 12.3 Å². The maximum absolute atomic E-state index is 12.6. The SMILES string of the molecule is COC(=O)CN(C(=O)c1ccc(Oc2ccc(C(F)(F)F)cn2)cc1)C(C)C. The van der Waals surface area contributed by atoms with Crippen molar-refractivity contribution in [1.29, 1.82) is 0 Å². The Morgan fingerprint density at radius 2 is 1.75 bits per heavy atom. The van der Waals surface area contributed by atoms with Gasteiger partial charge in [0.15, 0.2) is 0 Å². The Bertz CT molecular complexity index is 819. The monoisotopic (exact) mass is 396 g/mol. The number of benzene rings is 1. The number of carbonyl (C=O) groups excluding carboxylic acids is 2. The average Bonchev–Trinajstić information content (AvgIpc) is 2.65. The quantitative estimate of drug-likeness (QED) is 0.693. The number of nitrogens with zero attached hydrogens (tertiary/aromatic N) is 2. The highest BCUT2D eigenvalue weighted by molar-refractivity contribution is 5.96. The Morgan fingerprint density at radius 1 is 1.11 bits per heavy atom. The first-order chi connectivity index (χ1) is 13.1. The minimum atomic E-state index is -4.47. The van der Waals surface area contributed by atoms with E-state index in [9.17, 15) is 22.8 Å². The van der Waals surface area contributed by atoms with E-state index < -0.39 is 17.7 Å². The molecular weight excluding hydrogens is 377 g/mol. The van der Waals surface area contributed by atoms with Crippen molar-refractivity contribution < 1.29 is 32.2 Å². The number of hydrogen-bond donors (Lipinski definition) is 0. The zero-order chi connectivity index (χ0) is 20.9. The van der Waals surface area contributed by atoms with Crippen LogP contribution in [-0.4, -0.2) is 41.5 Å². The fourth-order valence-electron chi connectivity index (χ4n) is 2.25. The van der Waals surface area contributed by atoms with Gasteiger partial charge in [-0.05, 0) is 44.2 Å². The van der Waals surface area contributed by atoms with Gasteiger partial charge in [0.2, 0.25) is 5.88 Å². The van der Waals surface area contributed by atoms with E-state index in [0.29, 0.717) is 17.5 Å². The van der Waals surface area contributed by atoms with Gasteiger partial charge in [-0.2, -0.15) is 13.2 Å². The van der Waals surface area contributed by atoms with Gasteiger partial charge in [-0.15, -0.1) is 0 Å². The van der Waals surface area contributed by atoms with Crippen LogP contribution in [0.15, 0.2) is 42.6 Å². The van der Waals surface area contributed by atoms with Gasteiger partial charge in [0, 0.05) is 23.9 Å². The summed E-state index contributed by atoms with van der Waals surface area (Å²) in [7, 11) is 1.24. The predicted octanol–water partition coefficient (Wildman–Crippen LogP) is 3.92. The second kappa shape index (κ2) is 8.73. The highest BCUT2D eigenvalue weighted by atomic mass is 19.4. The van der Waals surface area contributed by atoms with Crippen molar-refractivity contribution in [3.05, 3.63) is 53.7 Å². The molecule has 2 rings (SSSR count). The first-order valence-electron chi connectivity index (χ1n) is 8.30. The number of pyridine rings is 1. The molecule has 2 aromatic rings. The van der Waals surface area contributed by atoms with Crippen LogP contribution in [0, 0.1) is 0 Å². The van der Waals surface area contributed by atoms with E-state index in [0.717, 1.165) is 12.1 Å². The van der Waals surface area contributed by atoms with Crippen molar-refractivity contribution in [2.24, 2.45) is 0 Å². The largest absolute Gasteiger partial charge is 0.468 e. The Hall–Kier alpha value is -3.10. The van der Waals surface area contributed by atoms with Crippen LogP contribution in [-0.2, 0) is 15.7 Å². The first-order valence-corrected chi connectivity index (χ1v) is 8.30. The molecule has 1 heterocycles. The maximum atomic E-state index is 12.6. The molecule has 9 heteroatoms. The van der Waals surface area contributed by atoms with Gasteiger partial charge in [-0.1, -0.05) is 0 Å². The van der Waals surface area contributed by atoms with Gasteiger partial charge >= 0.3 is 12.1 Å². The summed E-state index contributed by atoms with van der Waals surface area (Å²) in [5.41, 5.74) is -0.550. The highest BCUT2D eigenvalue weighted by Gasteiger charge is 2.30. The summed E-state index contributed by atoms with van der Waals surface area (Å²) in [4.78, 5) is 29.1. The molecule has 1 aromatic heterocycles. The third-order valence-corrected chi connectivity index (χ3v) is 3.80. The molecule has 0 N–H and O–H groups in total. The third kappa shape index (κ3) is 5.45. The molecule has 0 spiro atoms. The molecule has 0 fully saturated rings. The van der Waals surface area contributed by atoms with E-state index in [2.05, 4.69) is 9.72 Å². The van der Waals surface area contributed by atoms with Crippen LogP contribution in [0.4, 0.5) is 13.2 Å². The van der Waals surface area contributed by atoms with E-state index in [1.165, 1.54) is 36.3 Å². The Morgan fingerprint density at radius 3 is 2.21 bits per heavy atom. The second-order valence-corrected chi connectivity index (χ2v) is 6.11. The lowest BCUT2D eigenvalue weighted by atomic mass is 10.1. The van der Waals surface area contributed by atoms with Crippen LogP contribution in [0.2, 0.25) is 0 Å². The fraction of sp³-hybridized carbons (Fsp3) is 0.316. The van der Waals surface area contributed by atoms with Crippen LogP contribution in [0.1, 0.15) is 29.8 Å². The summed E-state index contributed by atoms with van der Waals surface area (Å²) in [5.74, 6) is -0.607. The number of rotatable bonds is 6. The van der Waals surface area contributed by atoms with Gasteiger partial charge in [-0.25, -0.2) is 4.98 Å². The molecule has 0 aliphatic heterocycles. The van der Waals surface area contributed by atoms with E-state index >= 15 is 0 Å². The molecule has 6 nitrogen and oxygen atoms in total. The Labute approximate surface area is 159 Å². The normalized spacial score (nSPS) is 11.2. The summed E-state index contributed by atoms with van der Waals surface area (Å²) in [5, 5.41) is 0. The van der Waals surface area contributed by atoms with Crippen molar-refractivity contribution in [3.8, 4) is 11.6 Å². The lowest BCUT2D eigenvalue weighted by Gasteiger charge is -2.25. The van der Waals surface area contributed by atoms with Gasteiger partial charge in [0.25, 0.3) is 5.91 Å². The molecule has 0 radical (unpaired) electrons. The second-order valence-electron chi connectivity index (χ2n) is 6.11. The van der Waals surface area contributed by atoms with Crippen molar-refractivity contribution in [3.63, 3.8) is 0 Å². The van der Waals surface area contributed by atoms with Crippen molar-refractivity contribution in [2.75, 3.05) is 13.7 Å². The standard InChI is InChI=1S/C19H19F3N2O4/c1-12(2)24(11-17(25)27-3)18(26)13-4-7-15(8-5-13)28-16-9-6-14(10-23-16)19(20,21)22/h4-10,12H,11H2,1-3H3. The van der Waals surface area contributed by atoms with Gasteiger partial charge in [0.05, 0.1) is 12.7 Å². The Balaban J connectivity index is 2.09. The summed E-state index contributed by atoms with van der Waals surface area (Å²) in [6, 6.07) is 7.72. The first kappa shape index (κ1) is 21.2. The number of hydrogen-bond acceptors (Lipinski definition) is 5. The topological polar surface area (TPSA) is 68.7 Å². The van der Waals surface area contributed by atoms with E-state index in [1.807, 2.05) is 0 Å². The van der Waals surface area contributed by atoms with E-state index in [1.54, 1.807) is 13.8 Å². The van der Waals surface area contributed by atoms with Gasteiger partial charge < -0.3 is 14.4 Å². The molecule has 0 saturated heterocycles. The number of ether oxygens (including phenoxy) is 2. The number of carbonyl (C=O) groups is 2. The molecule has 0 atom stereocenters. The van der Waals surface area contributed by atoms with Crippen molar-refractivity contribution in [2.45, 2.75) is 26.1 Å². The van der Waals surface area contributed by atoms with Gasteiger partial charge in [-0.3, -0.25) is 9.59 Å². The van der Waals surface area contributed by atoms with Crippen LogP contribution in [0.25, 0.3) is 0 Å². The molecule has 150 valence electrons. The zero-order valence-electron chi connectivity index (χ0n) is 15.5. The minimum Gasteiger partial charge on any atom is -0.468 e. The van der Waals surface area contributed by atoms with E-state index in [4.69, 9.17) is 4.74 Å². The number of alkyl halides is 3. The average molecular weight is 396 g/mol. The molecule has 28 heavy (non-hydrogen) atoms. The summed E-state index contributed by atoms with van der Waals surface area (Å²) in [6.07, 6.45) is -3.79. The summed E-state index contributed by atoms with van der Waals surface area (Å²) in [6.45, 7) is 3.37. The molecule has 1 amide bonds. The number of amides is 1. The summed E-state index contributed by atoms with van der Waals surface area (Å²) < 4.78 is 47.6. The number of halogens is 3. The Kier molecular flexibility index (Phi) is 6.61. The molecule has 0 saturated carbocycles. The molecule has 0 unspecified atom stereocenters. The predicted molar refractivity (Wildman–Crippen MR) is 93.9 cm³/mol. The lowest BCUT2D eigenvalue weighted by molar-refractivity contribution is -0.141. The molecule has 0 aliphatic carbocycles. The maximum Gasteiger partial charge on any atom is 0.417 e. The van der Waals surface area contributed by atoms with Crippen LogP contribution >= 0.6 is 0 Å². The molecule has 0 aliphatic rings. The molecular formula is C19H19F3N2O4. The van der Waals surface area contributed by atoms with E-state index in [-0.39, 0.29) is 24.4 Å². The van der Waals surface area contributed by atoms with Crippen LogP contribution < -0.4 is 4.74 Å². The number of aromatic nitrogens is 1. The third-order valence-electron chi connectivity index (χ3n) is 3.80. The van der Waals surface area contributed by atoms with Crippen molar-refractivity contribution in [1.82, 2.24) is 9.88 Å². The number of esters is 1. The zero-order valence-corrected chi connectivity index (χ0v) is 15.5. The van der Waals surface area contributed by atoms with Crippen LogP contribution in [0.3, 0.4) is 0 Å². The minimum absolute atomic E-state index is 0.0124. The highest BCUT2D eigenvalue weighted by Crippen LogP contribution is 2.30. The lowest BCUT2D eigenvalue weighted by Crippen LogP contribution is -2.41. The summed E-state index contributed by atoms with van der Waals surface area (Å²) >= 11 is 0. The van der Waals surface area contributed by atoms with Crippen LogP contribution in [0.5, 0.6) is 11.6 Å². The smallest absolute Gasteiger partial charge is 0.417 e. The molecule has 0 bridgehead atoms. The number of methoxy groups -OCH3 is 1. The van der Waals surface area contributed by atoms with Crippen molar-refractivity contribution >= 4 is 11.9 Å². The molecule has 1 aromatic carbocycles.